The number of rotatable bonds is 5. The number of aromatic nitrogens is 2. The minimum absolute atomic E-state index is 0.553. The molecule has 0 aliphatic rings. The molecule has 0 amide bonds. The highest BCUT2D eigenvalue weighted by Gasteiger charge is 2.08. The van der Waals surface area contributed by atoms with E-state index in [1.54, 1.807) is 30.2 Å². The van der Waals surface area contributed by atoms with Crippen molar-refractivity contribution in [2.45, 2.75) is 10.1 Å². The molecule has 1 aromatic carbocycles. The predicted molar refractivity (Wildman–Crippen MR) is 81.5 cm³/mol. The lowest BCUT2D eigenvalue weighted by molar-refractivity contribution is 0.413. The van der Waals surface area contributed by atoms with Crippen molar-refractivity contribution in [3.63, 3.8) is 0 Å². The number of nitrogens with zero attached hydrogens (tertiary/aromatic N) is 4. The highest BCUT2D eigenvalue weighted by molar-refractivity contribution is 8.00. The van der Waals surface area contributed by atoms with E-state index < -0.39 is 0 Å². The largest absolute Gasteiger partial charge is 0.495 e. The second-order valence-electron chi connectivity index (χ2n) is 4.18. The van der Waals surface area contributed by atoms with E-state index in [9.17, 15) is 0 Å². The van der Waals surface area contributed by atoms with Crippen LogP contribution in [0.25, 0.3) is 0 Å². The molecule has 0 atom stereocenters. The summed E-state index contributed by atoms with van der Waals surface area (Å²) in [7, 11) is 5.45. The zero-order valence-corrected chi connectivity index (χ0v) is 13.1. The van der Waals surface area contributed by atoms with Crippen LogP contribution in [0.15, 0.2) is 22.5 Å². The Labute approximate surface area is 126 Å². The molecule has 0 unspecified atom stereocenters. The molecule has 1 heterocycles. The van der Waals surface area contributed by atoms with Crippen molar-refractivity contribution in [2.75, 3.05) is 26.1 Å². The lowest BCUT2D eigenvalue weighted by Gasteiger charge is -2.05. The number of benzene rings is 1. The van der Waals surface area contributed by atoms with Gasteiger partial charge in [-0.3, -0.25) is 0 Å². The molecule has 0 N–H and O–H groups in total. The smallest absolute Gasteiger partial charge is 0.208 e. The van der Waals surface area contributed by atoms with Crippen LogP contribution >= 0.6 is 23.1 Å². The number of ether oxygens (including phenoxy) is 1. The van der Waals surface area contributed by atoms with Crippen molar-refractivity contribution >= 4 is 28.2 Å². The number of hydrogen-bond donors (Lipinski definition) is 0. The molecular formula is C13H14N4OS2. The molecule has 1 aromatic heterocycles. The molecule has 7 heteroatoms. The second kappa shape index (κ2) is 6.59. The van der Waals surface area contributed by atoms with Gasteiger partial charge in [0.2, 0.25) is 5.13 Å². The zero-order chi connectivity index (χ0) is 14.5. The van der Waals surface area contributed by atoms with Crippen molar-refractivity contribution in [1.29, 1.82) is 5.26 Å². The van der Waals surface area contributed by atoms with Crippen LogP contribution in [0.1, 0.15) is 11.1 Å². The molecule has 0 radical (unpaired) electrons. The van der Waals surface area contributed by atoms with Crippen molar-refractivity contribution in [3.8, 4) is 11.8 Å². The maximum atomic E-state index is 9.06. The number of anilines is 1. The van der Waals surface area contributed by atoms with E-state index in [1.165, 1.54) is 0 Å². The van der Waals surface area contributed by atoms with Gasteiger partial charge in [0, 0.05) is 19.8 Å². The van der Waals surface area contributed by atoms with Gasteiger partial charge in [-0.15, -0.1) is 10.2 Å². The number of hydrogen-bond acceptors (Lipinski definition) is 7. The Morgan fingerprint density at radius 1 is 1.40 bits per heavy atom. The van der Waals surface area contributed by atoms with Crippen molar-refractivity contribution in [3.05, 3.63) is 29.3 Å². The first-order valence-corrected chi connectivity index (χ1v) is 7.65. The lowest BCUT2D eigenvalue weighted by atomic mass is 10.1. The van der Waals surface area contributed by atoms with Gasteiger partial charge in [0.1, 0.15) is 11.8 Å². The third-order valence-electron chi connectivity index (χ3n) is 2.53. The standard InChI is InChI=1S/C13H14N4OS2/c1-17(2)12-15-16-13(20-12)19-8-9-4-5-11(18-3)10(6-9)7-14/h4-6H,8H2,1-3H3. The van der Waals surface area contributed by atoms with Gasteiger partial charge in [-0.25, -0.2) is 0 Å². The normalized spacial score (nSPS) is 10.1. The van der Waals surface area contributed by atoms with Crippen LogP contribution in [-0.4, -0.2) is 31.4 Å². The number of methoxy groups -OCH3 is 1. The fraction of sp³-hybridized carbons (Fsp3) is 0.308. The maximum absolute atomic E-state index is 9.06. The molecule has 20 heavy (non-hydrogen) atoms. The van der Waals surface area contributed by atoms with E-state index in [2.05, 4.69) is 16.3 Å². The Balaban J connectivity index is 2.05. The Bertz CT molecular complexity index is 634. The average Bonchev–Trinajstić information content (AvgIpc) is 2.94. The first-order chi connectivity index (χ1) is 9.63. The van der Waals surface area contributed by atoms with Gasteiger partial charge in [-0.05, 0) is 17.7 Å². The summed E-state index contributed by atoms with van der Waals surface area (Å²) in [4.78, 5) is 1.93. The Hall–Kier alpha value is -1.78. The minimum Gasteiger partial charge on any atom is -0.495 e. The summed E-state index contributed by atoms with van der Waals surface area (Å²) in [5, 5.41) is 18.2. The van der Waals surface area contributed by atoms with Gasteiger partial charge in [0.15, 0.2) is 4.34 Å². The molecule has 0 saturated carbocycles. The molecular weight excluding hydrogens is 292 g/mol. The Morgan fingerprint density at radius 2 is 2.20 bits per heavy atom. The second-order valence-corrected chi connectivity index (χ2v) is 6.36. The molecule has 0 fully saturated rings. The van der Waals surface area contributed by atoms with E-state index in [-0.39, 0.29) is 0 Å². The van der Waals surface area contributed by atoms with Crippen LogP contribution in [-0.2, 0) is 5.75 Å². The summed E-state index contributed by atoms with van der Waals surface area (Å²) in [6, 6.07) is 7.76. The number of nitriles is 1. The van der Waals surface area contributed by atoms with E-state index in [4.69, 9.17) is 10.00 Å². The minimum atomic E-state index is 0.553. The monoisotopic (exact) mass is 306 g/mol. The molecule has 0 aliphatic heterocycles. The van der Waals surface area contributed by atoms with Crippen LogP contribution in [0.2, 0.25) is 0 Å². The Morgan fingerprint density at radius 3 is 2.80 bits per heavy atom. The molecule has 2 rings (SSSR count). The zero-order valence-electron chi connectivity index (χ0n) is 11.5. The van der Waals surface area contributed by atoms with Crippen LogP contribution in [0.5, 0.6) is 5.75 Å². The molecule has 104 valence electrons. The molecule has 0 spiro atoms. The third-order valence-corrected chi connectivity index (χ3v) is 4.82. The molecule has 0 bridgehead atoms. The third kappa shape index (κ3) is 3.40. The maximum Gasteiger partial charge on any atom is 0.208 e. The fourth-order valence-electron chi connectivity index (χ4n) is 1.52. The summed E-state index contributed by atoms with van der Waals surface area (Å²) in [6.07, 6.45) is 0. The first-order valence-electron chi connectivity index (χ1n) is 5.84. The van der Waals surface area contributed by atoms with Crippen LogP contribution in [0, 0.1) is 11.3 Å². The van der Waals surface area contributed by atoms with Gasteiger partial charge in [0.05, 0.1) is 12.7 Å². The average molecular weight is 306 g/mol. The van der Waals surface area contributed by atoms with Gasteiger partial charge >= 0.3 is 0 Å². The van der Waals surface area contributed by atoms with E-state index in [0.717, 1.165) is 20.8 Å². The van der Waals surface area contributed by atoms with E-state index in [1.807, 2.05) is 37.2 Å². The Kier molecular flexibility index (Phi) is 4.82. The summed E-state index contributed by atoms with van der Waals surface area (Å²) in [6.45, 7) is 0. The first kappa shape index (κ1) is 14.6. The van der Waals surface area contributed by atoms with Gasteiger partial charge in [-0.2, -0.15) is 5.26 Å². The highest BCUT2D eigenvalue weighted by Crippen LogP contribution is 2.30. The predicted octanol–water partition coefficient (Wildman–Crippen LogP) is 2.78. The van der Waals surface area contributed by atoms with Crippen molar-refractivity contribution in [1.82, 2.24) is 10.2 Å². The quantitative estimate of drug-likeness (QED) is 0.792. The molecule has 2 aromatic rings. The van der Waals surface area contributed by atoms with Crippen LogP contribution < -0.4 is 9.64 Å². The van der Waals surface area contributed by atoms with Gasteiger partial charge in [0.25, 0.3) is 0 Å². The van der Waals surface area contributed by atoms with Gasteiger partial charge in [-0.1, -0.05) is 29.2 Å². The highest BCUT2D eigenvalue weighted by atomic mass is 32.2. The van der Waals surface area contributed by atoms with Crippen LogP contribution in [0.3, 0.4) is 0 Å². The lowest BCUT2D eigenvalue weighted by Crippen LogP contribution is -2.07. The SMILES string of the molecule is COc1ccc(CSc2nnc(N(C)C)s2)cc1C#N. The van der Waals surface area contributed by atoms with E-state index >= 15 is 0 Å². The topological polar surface area (TPSA) is 62.0 Å². The summed E-state index contributed by atoms with van der Waals surface area (Å²) < 4.78 is 6.05. The molecule has 0 saturated heterocycles. The molecule has 0 aliphatic carbocycles. The summed E-state index contributed by atoms with van der Waals surface area (Å²) >= 11 is 3.17. The molecule has 5 nitrogen and oxygen atoms in total. The van der Waals surface area contributed by atoms with E-state index in [0.29, 0.717) is 11.3 Å². The van der Waals surface area contributed by atoms with Crippen molar-refractivity contribution in [2.24, 2.45) is 0 Å². The van der Waals surface area contributed by atoms with Crippen molar-refractivity contribution < 1.29 is 4.74 Å². The van der Waals surface area contributed by atoms with Gasteiger partial charge < -0.3 is 9.64 Å². The number of thioether (sulfide) groups is 1. The fourth-order valence-corrected chi connectivity index (χ4v) is 3.23. The van der Waals surface area contributed by atoms with Crippen LogP contribution in [0.4, 0.5) is 5.13 Å². The summed E-state index contributed by atoms with van der Waals surface area (Å²) in [5.74, 6) is 1.35. The summed E-state index contributed by atoms with van der Waals surface area (Å²) in [5.41, 5.74) is 1.62.